The van der Waals surface area contributed by atoms with Gasteiger partial charge in [0, 0.05) is 12.1 Å². The SMILES string of the molecule is O=C(CBr)Cn1c(O)ccc1O. The van der Waals surface area contributed by atoms with E-state index in [9.17, 15) is 4.79 Å². The summed E-state index contributed by atoms with van der Waals surface area (Å²) in [5, 5.41) is 18.4. The fourth-order valence-corrected chi connectivity index (χ4v) is 1.00. The van der Waals surface area contributed by atoms with Crippen molar-refractivity contribution in [3.05, 3.63) is 12.1 Å². The predicted molar refractivity (Wildman–Crippen MR) is 46.6 cm³/mol. The highest BCUT2D eigenvalue weighted by Crippen LogP contribution is 2.20. The van der Waals surface area contributed by atoms with E-state index in [1.54, 1.807) is 0 Å². The molecular weight excluding hydrogens is 226 g/mol. The van der Waals surface area contributed by atoms with E-state index in [1.165, 1.54) is 12.1 Å². The van der Waals surface area contributed by atoms with E-state index in [4.69, 9.17) is 10.2 Å². The van der Waals surface area contributed by atoms with Crippen molar-refractivity contribution < 1.29 is 15.0 Å². The molecule has 2 N–H and O–H groups in total. The second-order valence-corrected chi connectivity index (χ2v) is 2.87. The van der Waals surface area contributed by atoms with E-state index in [-0.39, 0.29) is 29.4 Å². The van der Waals surface area contributed by atoms with Gasteiger partial charge in [0.15, 0.2) is 17.5 Å². The van der Waals surface area contributed by atoms with Crippen molar-refractivity contribution in [1.82, 2.24) is 4.57 Å². The standard InChI is InChI=1S/C7H8BrNO3/c8-3-5(10)4-9-6(11)1-2-7(9)12/h1-2,11-12H,3-4H2. The molecule has 1 aromatic rings. The number of hydrogen-bond donors (Lipinski definition) is 2. The van der Waals surface area contributed by atoms with Crippen molar-refractivity contribution in [2.45, 2.75) is 6.54 Å². The number of rotatable bonds is 3. The van der Waals surface area contributed by atoms with Crippen molar-refractivity contribution in [2.75, 3.05) is 5.33 Å². The van der Waals surface area contributed by atoms with Gasteiger partial charge in [-0.1, -0.05) is 15.9 Å². The minimum Gasteiger partial charge on any atom is -0.494 e. The number of aromatic nitrogens is 1. The number of halogens is 1. The van der Waals surface area contributed by atoms with Gasteiger partial charge in [-0.3, -0.25) is 9.36 Å². The van der Waals surface area contributed by atoms with Gasteiger partial charge in [-0.15, -0.1) is 0 Å². The summed E-state index contributed by atoms with van der Waals surface area (Å²) in [7, 11) is 0. The Balaban J connectivity index is 2.80. The summed E-state index contributed by atoms with van der Waals surface area (Å²) >= 11 is 2.98. The second kappa shape index (κ2) is 3.62. The predicted octanol–water partition coefficient (Wildman–Crippen LogP) is 0.863. The van der Waals surface area contributed by atoms with E-state index >= 15 is 0 Å². The summed E-state index contributed by atoms with van der Waals surface area (Å²) in [6, 6.07) is 2.66. The molecule has 5 heteroatoms. The third kappa shape index (κ3) is 1.79. The van der Waals surface area contributed by atoms with Gasteiger partial charge in [0.05, 0.1) is 11.9 Å². The van der Waals surface area contributed by atoms with Crippen molar-refractivity contribution >= 4 is 21.7 Å². The third-order valence-corrected chi connectivity index (χ3v) is 2.04. The van der Waals surface area contributed by atoms with Gasteiger partial charge in [0.25, 0.3) is 0 Å². The van der Waals surface area contributed by atoms with Crippen molar-refractivity contribution in [3.63, 3.8) is 0 Å². The van der Waals surface area contributed by atoms with Gasteiger partial charge in [0.1, 0.15) is 0 Å². The molecule has 0 saturated carbocycles. The monoisotopic (exact) mass is 233 g/mol. The zero-order valence-electron chi connectivity index (χ0n) is 6.20. The summed E-state index contributed by atoms with van der Waals surface area (Å²) in [5.74, 6) is -0.333. The van der Waals surface area contributed by atoms with Crippen LogP contribution in [0.2, 0.25) is 0 Å². The molecule has 0 atom stereocenters. The third-order valence-electron chi connectivity index (χ3n) is 1.42. The molecule has 0 radical (unpaired) electrons. The average molecular weight is 234 g/mol. The molecule has 0 unspecified atom stereocenters. The Hall–Kier alpha value is -0.970. The summed E-state index contributed by atoms with van der Waals surface area (Å²) in [6.07, 6.45) is 0. The van der Waals surface area contributed by atoms with Crippen molar-refractivity contribution in [3.8, 4) is 11.8 Å². The molecule has 66 valence electrons. The Labute approximate surface area is 77.6 Å². The zero-order valence-corrected chi connectivity index (χ0v) is 7.78. The first-order valence-corrected chi connectivity index (χ1v) is 4.42. The van der Waals surface area contributed by atoms with E-state index in [2.05, 4.69) is 15.9 Å². The smallest absolute Gasteiger partial charge is 0.194 e. The number of carbonyl (C=O) groups excluding carboxylic acids is 1. The lowest BCUT2D eigenvalue weighted by molar-refractivity contribution is -0.117. The van der Waals surface area contributed by atoms with Crippen LogP contribution in [0.25, 0.3) is 0 Å². The molecule has 0 amide bonds. The van der Waals surface area contributed by atoms with Crippen LogP contribution in [0.5, 0.6) is 11.8 Å². The number of aromatic hydroxyl groups is 2. The molecule has 0 fully saturated rings. The maximum absolute atomic E-state index is 10.9. The Morgan fingerprint density at radius 1 is 1.42 bits per heavy atom. The molecule has 1 rings (SSSR count). The normalized spacial score (nSPS) is 10.1. The van der Waals surface area contributed by atoms with E-state index < -0.39 is 0 Å². The highest BCUT2D eigenvalue weighted by Gasteiger charge is 2.08. The Morgan fingerprint density at radius 3 is 2.33 bits per heavy atom. The average Bonchev–Trinajstić information content (AvgIpc) is 2.35. The van der Waals surface area contributed by atoms with Crippen LogP contribution in [0.4, 0.5) is 0 Å². The summed E-state index contributed by atoms with van der Waals surface area (Å²) in [5.41, 5.74) is 0. The van der Waals surface area contributed by atoms with Gasteiger partial charge in [-0.2, -0.15) is 0 Å². The molecule has 0 aliphatic rings. The highest BCUT2D eigenvalue weighted by molar-refractivity contribution is 9.09. The fraction of sp³-hybridized carbons (Fsp3) is 0.286. The maximum Gasteiger partial charge on any atom is 0.194 e. The second-order valence-electron chi connectivity index (χ2n) is 2.31. The van der Waals surface area contributed by atoms with Gasteiger partial charge in [-0.25, -0.2) is 0 Å². The van der Waals surface area contributed by atoms with Crippen molar-refractivity contribution in [2.24, 2.45) is 0 Å². The fourth-order valence-electron chi connectivity index (χ4n) is 0.827. The van der Waals surface area contributed by atoms with Crippen LogP contribution in [-0.4, -0.2) is 25.9 Å². The summed E-state index contributed by atoms with van der Waals surface area (Å²) in [4.78, 5) is 10.9. The zero-order chi connectivity index (χ0) is 9.14. The Morgan fingerprint density at radius 2 is 1.92 bits per heavy atom. The van der Waals surface area contributed by atoms with E-state index in [1.807, 2.05) is 0 Å². The number of ketones is 1. The van der Waals surface area contributed by atoms with E-state index in [0.29, 0.717) is 0 Å². The molecule has 4 nitrogen and oxygen atoms in total. The van der Waals surface area contributed by atoms with Crippen LogP contribution in [0.1, 0.15) is 0 Å². The number of alkyl halides is 1. The number of nitrogens with zero attached hydrogens (tertiary/aromatic N) is 1. The first kappa shape index (κ1) is 9.12. The molecule has 0 aromatic carbocycles. The van der Waals surface area contributed by atoms with Crippen LogP contribution in [0.3, 0.4) is 0 Å². The largest absolute Gasteiger partial charge is 0.494 e. The lowest BCUT2D eigenvalue weighted by Gasteiger charge is -2.03. The van der Waals surface area contributed by atoms with Crippen LogP contribution >= 0.6 is 15.9 Å². The Kier molecular flexibility index (Phi) is 2.75. The summed E-state index contributed by atoms with van der Waals surface area (Å²) in [6.45, 7) is -0.0179. The van der Waals surface area contributed by atoms with Crippen LogP contribution < -0.4 is 0 Å². The summed E-state index contributed by atoms with van der Waals surface area (Å²) < 4.78 is 1.13. The number of Topliss-reactive ketones (excluding diaryl/α,β-unsaturated/α-hetero) is 1. The van der Waals surface area contributed by atoms with Gasteiger partial charge >= 0.3 is 0 Å². The molecule has 12 heavy (non-hydrogen) atoms. The first-order valence-electron chi connectivity index (χ1n) is 3.30. The lowest BCUT2D eigenvalue weighted by Crippen LogP contribution is -2.09. The first-order chi connectivity index (χ1) is 5.65. The van der Waals surface area contributed by atoms with Crippen molar-refractivity contribution in [1.29, 1.82) is 0 Å². The van der Waals surface area contributed by atoms with Crippen LogP contribution in [0.15, 0.2) is 12.1 Å². The van der Waals surface area contributed by atoms with Gasteiger partial charge < -0.3 is 10.2 Å². The molecule has 0 aliphatic carbocycles. The Bertz CT molecular complexity index is 275. The molecular formula is C7H8BrNO3. The van der Waals surface area contributed by atoms with Gasteiger partial charge in [-0.05, 0) is 0 Å². The number of hydrogen-bond acceptors (Lipinski definition) is 3. The van der Waals surface area contributed by atoms with Crippen LogP contribution in [-0.2, 0) is 11.3 Å². The van der Waals surface area contributed by atoms with Crippen LogP contribution in [0, 0.1) is 0 Å². The topological polar surface area (TPSA) is 62.5 Å². The molecule has 0 aliphatic heterocycles. The minimum atomic E-state index is -0.114. The van der Waals surface area contributed by atoms with E-state index in [0.717, 1.165) is 4.57 Å². The number of carbonyl (C=O) groups is 1. The van der Waals surface area contributed by atoms with Gasteiger partial charge in [0.2, 0.25) is 0 Å². The maximum atomic E-state index is 10.9. The minimum absolute atomic E-state index is 0.0179. The quantitative estimate of drug-likeness (QED) is 0.762. The molecule has 0 saturated heterocycles. The molecule has 0 spiro atoms. The molecule has 0 bridgehead atoms. The molecule has 1 heterocycles. The highest BCUT2D eigenvalue weighted by atomic mass is 79.9. The molecule has 1 aromatic heterocycles. The lowest BCUT2D eigenvalue weighted by atomic mass is 10.4.